The Bertz CT molecular complexity index is 871. The van der Waals surface area contributed by atoms with Gasteiger partial charge in [0.15, 0.2) is 11.5 Å². The number of hydrogen-bond acceptors (Lipinski definition) is 6. The van der Waals surface area contributed by atoms with Crippen molar-refractivity contribution < 1.29 is 23.7 Å². The molecule has 0 saturated carbocycles. The van der Waals surface area contributed by atoms with Gasteiger partial charge in [0, 0.05) is 19.5 Å². The molecule has 2 aromatic carbocycles. The maximum atomic E-state index is 12.8. The molecule has 2 aliphatic heterocycles. The third-order valence-electron chi connectivity index (χ3n) is 5.61. The van der Waals surface area contributed by atoms with Crippen LogP contribution in [0.1, 0.15) is 30.9 Å². The van der Waals surface area contributed by atoms with E-state index in [1.807, 2.05) is 41.3 Å². The molecule has 1 saturated heterocycles. The Kier molecular flexibility index (Phi) is 7.14. The molecule has 1 atom stereocenters. The number of likely N-dealkylation sites (tertiary alicyclic amines) is 1. The average molecular weight is 427 g/mol. The lowest BCUT2D eigenvalue weighted by Crippen LogP contribution is -2.38. The van der Waals surface area contributed by atoms with E-state index < -0.39 is 0 Å². The molecule has 7 nitrogen and oxygen atoms in total. The number of rotatable bonds is 8. The minimum Gasteiger partial charge on any atom is -0.497 e. The van der Waals surface area contributed by atoms with E-state index >= 15 is 0 Å². The largest absolute Gasteiger partial charge is 0.497 e. The average Bonchev–Trinajstić information content (AvgIpc) is 3.18. The van der Waals surface area contributed by atoms with Gasteiger partial charge >= 0.3 is 0 Å². The Morgan fingerprint density at radius 1 is 1.06 bits per heavy atom. The maximum absolute atomic E-state index is 12.8. The highest BCUT2D eigenvalue weighted by Gasteiger charge is 2.30. The first kappa shape index (κ1) is 21.3. The summed E-state index contributed by atoms with van der Waals surface area (Å²) in [5, 5.41) is 3.20. The van der Waals surface area contributed by atoms with Gasteiger partial charge in [-0.05, 0) is 54.8 Å². The monoisotopic (exact) mass is 426 g/mol. The first-order valence-corrected chi connectivity index (χ1v) is 10.9. The number of hydrogen-bond donors (Lipinski definition) is 1. The molecule has 2 aromatic rings. The van der Waals surface area contributed by atoms with Gasteiger partial charge in [-0.2, -0.15) is 0 Å². The first-order valence-electron chi connectivity index (χ1n) is 10.9. The molecule has 31 heavy (non-hydrogen) atoms. The van der Waals surface area contributed by atoms with E-state index in [0.29, 0.717) is 32.9 Å². The fraction of sp³-hybridized carbons (Fsp3) is 0.458. The molecule has 0 spiro atoms. The van der Waals surface area contributed by atoms with Crippen molar-refractivity contribution in [2.75, 3.05) is 46.6 Å². The molecule has 0 aromatic heterocycles. The summed E-state index contributed by atoms with van der Waals surface area (Å²) in [6.07, 6.45) is 2.85. The van der Waals surface area contributed by atoms with Gasteiger partial charge in [0.2, 0.25) is 5.91 Å². The molecule has 1 fully saturated rings. The number of benzene rings is 2. The molecule has 0 radical (unpaired) electrons. The Morgan fingerprint density at radius 2 is 1.84 bits per heavy atom. The molecular weight excluding hydrogens is 396 g/mol. The van der Waals surface area contributed by atoms with Crippen LogP contribution in [0.2, 0.25) is 0 Å². The third kappa shape index (κ3) is 5.41. The summed E-state index contributed by atoms with van der Waals surface area (Å²) in [4.78, 5) is 14.8. The van der Waals surface area contributed by atoms with Crippen LogP contribution in [-0.4, -0.2) is 57.4 Å². The van der Waals surface area contributed by atoms with Crippen molar-refractivity contribution in [3.8, 4) is 23.0 Å². The third-order valence-corrected chi connectivity index (χ3v) is 5.61. The summed E-state index contributed by atoms with van der Waals surface area (Å²) in [5.41, 5.74) is 1.11. The highest BCUT2D eigenvalue weighted by atomic mass is 16.5. The Morgan fingerprint density at radius 3 is 2.65 bits per heavy atom. The molecule has 1 N–H and O–H groups in total. The van der Waals surface area contributed by atoms with E-state index in [4.69, 9.17) is 18.9 Å². The fourth-order valence-electron chi connectivity index (χ4n) is 4.01. The summed E-state index contributed by atoms with van der Waals surface area (Å²) >= 11 is 0. The van der Waals surface area contributed by atoms with Crippen molar-refractivity contribution in [1.82, 2.24) is 10.2 Å². The number of amides is 1. The van der Waals surface area contributed by atoms with Crippen LogP contribution in [0.25, 0.3) is 0 Å². The van der Waals surface area contributed by atoms with Gasteiger partial charge in [-0.1, -0.05) is 6.07 Å². The number of ether oxygens (including phenoxy) is 4. The number of carbonyl (C=O) groups is 1. The Balaban J connectivity index is 1.25. The van der Waals surface area contributed by atoms with Crippen LogP contribution in [0.5, 0.6) is 23.0 Å². The van der Waals surface area contributed by atoms with Gasteiger partial charge in [-0.15, -0.1) is 0 Å². The highest BCUT2D eigenvalue weighted by molar-refractivity contribution is 5.79. The van der Waals surface area contributed by atoms with Gasteiger partial charge in [0.1, 0.15) is 18.1 Å². The zero-order valence-electron chi connectivity index (χ0n) is 18.0. The number of methoxy groups -OCH3 is 1. The normalized spacial score (nSPS) is 17.8. The van der Waals surface area contributed by atoms with Crippen LogP contribution in [0.4, 0.5) is 0 Å². The van der Waals surface area contributed by atoms with Crippen LogP contribution in [0.15, 0.2) is 42.5 Å². The zero-order chi connectivity index (χ0) is 21.5. The lowest BCUT2D eigenvalue weighted by molar-refractivity contribution is -0.131. The number of fused-ring (bicyclic) bond motifs is 1. The van der Waals surface area contributed by atoms with Crippen LogP contribution >= 0.6 is 0 Å². The van der Waals surface area contributed by atoms with Gasteiger partial charge in [-0.25, -0.2) is 0 Å². The molecule has 7 heteroatoms. The van der Waals surface area contributed by atoms with Crippen molar-refractivity contribution >= 4 is 5.91 Å². The summed E-state index contributed by atoms with van der Waals surface area (Å²) in [6, 6.07) is 13.6. The molecule has 2 aliphatic rings. The predicted octanol–water partition coefficient (Wildman–Crippen LogP) is 3.19. The van der Waals surface area contributed by atoms with Crippen molar-refractivity contribution in [1.29, 1.82) is 0 Å². The lowest BCUT2D eigenvalue weighted by atomic mass is 10.0. The van der Waals surface area contributed by atoms with E-state index in [-0.39, 0.29) is 11.9 Å². The fourth-order valence-corrected chi connectivity index (χ4v) is 4.01. The van der Waals surface area contributed by atoms with Crippen molar-refractivity contribution in [2.24, 2.45) is 0 Å². The molecule has 0 unspecified atom stereocenters. The molecular formula is C24H30N2O5. The summed E-state index contributed by atoms with van der Waals surface area (Å²) in [5.74, 6) is 3.26. The minimum atomic E-state index is 0.0852. The van der Waals surface area contributed by atoms with Gasteiger partial charge in [0.05, 0.1) is 32.9 Å². The zero-order valence-corrected chi connectivity index (χ0v) is 18.0. The molecule has 166 valence electrons. The summed E-state index contributed by atoms with van der Waals surface area (Å²) in [6.45, 7) is 3.50. The minimum absolute atomic E-state index is 0.0852. The predicted molar refractivity (Wildman–Crippen MR) is 117 cm³/mol. The smallest absolute Gasteiger partial charge is 0.237 e. The lowest BCUT2D eigenvalue weighted by Gasteiger charge is -2.26. The Hall–Kier alpha value is -2.93. The molecule has 0 aliphatic carbocycles. The van der Waals surface area contributed by atoms with Crippen LogP contribution in [0.3, 0.4) is 0 Å². The van der Waals surface area contributed by atoms with E-state index in [2.05, 4.69) is 11.4 Å². The standard InChI is InChI=1S/C24H30N2O5/c1-28-19-6-8-20(9-7-19)29-15-11-25-17-24(27)26-12-2-4-21(26)18-5-10-22-23(16-18)31-14-3-13-30-22/h5-10,16,21,25H,2-4,11-15,17H2,1H3/t21-/m0/s1. The van der Waals surface area contributed by atoms with Gasteiger partial charge in [-0.3, -0.25) is 4.79 Å². The Labute approximate surface area is 183 Å². The summed E-state index contributed by atoms with van der Waals surface area (Å²) < 4.78 is 22.4. The van der Waals surface area contributed by atoms with Crippen molar-refractivity contribution in [3.05, 3.63) is 48.0 Å². The van der Waals surface area contributed by atoms with Crippen molar-refractivity contribution in [2.45, 2.75) is 25.3 Å². The van der Waals surface area contributed by atoms with E-state index in [1.54, 1.807) is 7.11 Å². The quantitative estimate of drug-likeness (QED) is 0.654. The van der Waals surface area contributed by atoms with Gasteiger partial charge in [0.25, 0.3) is 0 Å². The molecule has 1 amide bonds. The summed E-state index contributed by atoms with van der Waals surface area (Å²) in [7, 11) is 1.64. The number of nitrogens with one attached hydrogen (secondary N) is 1. The van der Waals surface area contributed by atoms with Crippen LogP contribution in [-0.2, 0) is 4.79 Å². The number of carbonyl (C=O) groups excluding carboxylic acids is 1. The molecule has 2 heterocycles. The van der Waals surface area contributed by atoms with Crippen molar-refractivity contribution in [3.63, 3.8) is 0 Å². The topological polar surface area (TPSA) is 69.3 Å². The highest BCUT2D eigenvalue weighted by Crippen LogP contribution is 2.37. The van der Waals surface area contributed by atoms with Crippen LogP contribution in [0, 0.1) is 0 Å². The van der Waals surface area contributed by atoms with Gasteiger partial charge < -0.3 is 29.2 Å². The molecule has 4 rings (SSSR count). The molecule has 0 bridgehead atoms. The first-order chi connectivity index (χ1) is 15.2. The second-order valence-electron chi connectivity index (χ2n) is 7.70. The maximum Gasteiger partial charge on any atom is 0.237 e. The second-order valence-corrected chi connectivity index (χ2v) is 7.70. The number of nitrogens with zero attached hydrogens (tertiary/aromatic N) is 1. The van der Waals surface area contributed by atoms with E-state index in [0.717, 1.165) is 54.4 Å². The van der Waals surface area contributed by atoms with E-state index in [1.165, 1.54) is 0 Å². The second kappa shape index (κ2) is 10.4. The van der Waals surface area contributed by atoms with E-state index in [9.17, 15) is 4.79 Å². The van der Waals surface area contributed by atoms with Crippen LogP contribution < -0.4 is 24.3 Å². The SMILES string of the molecule is COc1ccc(OCCNCC(=O)N2CCC[C@H]2c2ccc3c(c2)OCCCO3)cc1.